The average Bonchev–Trinajstić information content (AvgIpc) is 3.09. The number of fused-ring (bicyclic) bond motifs is 3. The highest BCUT2D eigenvalue weighted by Crippen LogP contribution is 2.38. The molecular formula is C25H26N2O5. The summed E-state index contributed by atoms with van der Waals surface area (Å²) in [6, 6.07) is 11.5. The number of piperidine rings is 1. The molecule has 0 aromatic heterocycles. The first-order valence-electron chi connectivity index (χ1n) is 10.9. The molecule has 2 aromatic carbocycles. The molecule has 1 heterocycles. The molecule has 1 atom stereocenters. The van der Waals surface area contributed by atoms with Gasteiger partial charge in [-0.25, -0.2) is 0 Å². The van der Waals surface area contributed by atoms with Crippen LogP contribution in [0.15, 0.2) is 42.5 Å². The maximum Gasteiger partial charge on any atom is 0.306 e. The van der Waals surface area contributed by atoms with Crippen LogP contribution in [0.4, 0.5) is 0 Å². The smallest absolute Gasteiger partial charge is 0.306 e. The fourth-order valence-electron chi connectivity index (χ4n) is 4.54. The number of benzene rings is 2. The molecule has 1 fully saturated rings. The second kappa shape index (κ2) is 8.57. The largest absolute Gasteiger partial charge is 0.481 e. The first-order chi connectivity index (χ1) is 15.3. The lowest BCUT2D eigenvalue weighted by Crippen LogP contribution is -2.53. The van der Waals surface area contributed by atoms with Gasteiger partial charge in [0.05, 0.1) is 5.92 Å². The van der Waals surface area contributed by atoms with Gasteiger partial charge >= 0.3 is 5.97 Å². The molecule has 2 aromatic rings. The predicted molar refractivity (Wildman–Crippen MR) is 118 cm³/mol. The molecule has 1 saturated heterocycles. The van der Waals surface area contributed by atoms with E-state index >= 15 is 0 Å². The number of carbonyl (C=O) groups is 4. The van der Waals surface area contributed by atoms with Gasteiger partial charge in [0.15, 0.2) is 5.78 Å². The van der Waals surface area contributed by atoms with Crippen molar-refractivity contribution >= 4 is 23.6 Å². The van der Waals surface area contributed by atoms with E-state index in [0.29, 0.717) is 48.2 Å². The molecule has 166 valence electrons. The molecule has 4 rings (SSSR count). The van der Waals surface area contributed by atoms with Crippen LogP contribution >= 0.6 is 0 Å². The molecule has 0 bridgehead atoms. The van der Waals surface area contributed by atoms with Crippen LogP contribution in [0.5, 0.6) is 0 Å². The number of amides is 2. The van der Waals surface area contributed by atoms with Gasteiger partial charge < -0.3 is 15.3 Å². The molecule has 0 spiro atoms. The summed E-state index contributed by atoms with van der Waals surface area (Å²) >= 11 is 0. The van der Waals surface area contributed by atoms with Crippen molar-refractivity contribution in [3.8, 4) is 11.1 Å². The first kappa shape index (κ1) is 21.7. The quantitative estimate of drug-likeness (QED) is 0.643. The van der Waals surface area contributed by atoms with Gasteiger partial charge in [-0.3, -0.25) is 19.2 Å². The van der Waals surface area contributed by atoms with E-state index in [0.717, 1.165) is 5.56 Å². The van der Waals surface area contributed by atoms with E-state index in [1.807, 2.05) is 26.0 Å². The van der Waals surface area contributed by atoms with Crippen molar-refractivity contribution in [3.05, 3.63) is 59.2 Å². The minimum Gasteiger partial charge on any atom is -0.481 e. The number of nitrogens with one attached hydrogen (secondary N) is 1. The van der Waals surface area contributed by atoms with Gasteiger partial charge in [-0.1, -0.05) is 50.2 Å². The molecule has 0 saturated carbocycles. The third kappa shape index (κ3) is 3.79. The number of nitrogens with zero attached hydrogens (tertiary/aromatic N) is 1. The van der Waals surface area contributed by atoms with Gasteiger partial charge in [0.1, 0.15) is 6.04 Å². The van der Waals surface area contributed by atoms with Crippen molar-refractivity contribution in [1.29, 1.82) is 0 Å². The maximum absolute atomic E-state index is 13.3. The highest BCUT2D eigenvalue weighted by molar-refractivity contribution is 6.24. The van der Waals surface area contributed by atoms with E-state index in [1.54, 1.807) is 35.2 Å². The summed E-state index contributed by atoms with van der Waals surface area (Å²) in [6.45, 7) is 4.44. The number of rotatable bonds is 5. The van der Waals surface area contributed by atoms with Crippen molar-refractivity contribution in [2.24, 2.45) is 11.8 Å². The van der Waals surface area contributed by atoms with Crippen LogP contribution in [-0.2, 0) is 9.59 Å². The highest BCUT2D eigenvalue weighted by Gasteiger charge is 2.35. The molecular weight excluding hydrogens is 408 g/mol. The predicted octanol–water partition coefficient (Wildman–Crippen LogP) is 2.98. The van der Waals surface area contributed by atoms with E-state index in [9.17, 15) is 24.3 Å². The Morgan fingerprint density at radius 1 is 0.969 bits per heavy atom. The lowest BCUT2D eigenvalue weighted by Gasteiger charge is -2.34. The van der Waals surface area contributed by atoms with Crippen molar-refractivity contribution in [1.82, 2.24) is 10.2 Å². The Hall–Kier alpha value is -3.48. The van der Waals surface area contributed by atoms with Crippen LogP contribution in [-0.4, -0.2) is 52.7 Å². The molecule has 2 aliphatic rings. The van der Waals surface area contributed by atoms with Gasteiger partial charge in [0, 0.05) is 35.3 Å². The molecule has 1 aliphatic heterocycles. The van der Waals surface area contributed by atoms with Crippen molar-refractivity contribution < 1.29 is 24.3 Å². The normalized spacial score (nSPS) is 16.5. The minimum absolute atomic E-state index is 0.108. The van der Waals surface area contributed by atoms with E-state index in [-0.39, 0.29) is 17.6 Å². The van der Waals surface area contributed by atoms with E-state index in [2.05, 4.69) is 5.32 Å². The monoisotopic (exact) mass is 434 g/mol. The topological polar surface area (TPSA) is 104 Å². The van der Waals surface area contributed by atoms with Crippen molar-refractivity contribution in [3.63, 3.8) is 0 Å². The standard InChI is InChI=1S/C25H26N2O5/c1-14(2)21(24(30)27-12-10-15(11-13-27)25(31)32)26-23(29)19-9-5-8-18-20(19)16-6-3-4-7-17(16)22(18)28/h3-9,14-15,21H,10-13H2,1-2H3,(H,26,29)(H,31,32)/t21-/m0/s1. The third-order valence-corrected chi connectivity index (χ3v) is 6.37. The van der Waals surface area contributed by atoms with Crippen molar-refractivity contribution in [2.45, 2.75) is 32.7 Å². The summed E-state index contributed by atoms with van der Waals surface area (Å²) in [7, 11) is 0. The Bertz CT molecular complexity index is 1100. The Morgan fingerprint density at radius 3 is 2.22 bits per heavy atom. The van der Waals surface area contributed by atoms with Crippen molar-refractivity contribution in [2.75, 3.05) is 13.1 Å². The van der Waals surface area contributed by atoms with Crippen LogP contribution in [0, 0.1) is 11.8 Å². The molecule has 32 heavy (non-hydrogen) atoms. The molecule has 0 radical (unpaired) electrons. The minimum atomic E-state index is -0.835. The highest BCUT2D eigenvalue weighted by atomic mass is 16.4. The fourth-order valence-corrected chi connectivity index (χ4v) is 4.54. The first-order valence-corrected chi connectivity index (χ1v) is 10.9. The Balaban J connectivity index is 1.57. The number of aliphatic carboxylic acids is 1. The molecule has 7 heteroatoms. The SMILES string of the molecule is CC(C)[C@H](NC(=O)c1cccc2c1-c1ccccc1C2=O)C(=O)N1CCC(C(=O)O)CC1. The summed E-state index contributed by atoms with van der Waals surface area (Å²) < 4.78 is 0. The number of hydrogen-bond acceptors (Lipinski definition) is 4. The number of carboxylic acids is 1. The van der Waals surface area contributed by atoms with Gasteiger partial charge in [0.25, 0.3) is 5.91 Å². The zero-order valence-corrected chi connectivity index (χ0v) is 18.1. The Labute approximate surface area is 186 Å². The van der Waals surface area contributed by atoms with E-state index in [4.69, 9.17) is 0 Å². The summed E-state index contributed by atoms with van der Waals surface area (Å²) in [5, 5.41) is 12.1. The molecule has 0 unspecified atom stereocenters. The number of carboxylic acid groups (broad SMARTS) is 1. The second-order valence-corrected chi connectivity index (χ2v) is 8.74. The lowest BCUT2D eigenvalue weighted by atomic mass is 9.94. The Morgan fingerprint density at radius 2 is 1.59 bits per heavy atom. The molecule has 2 N–H and O–H groups in total. The van der Waals surface area contributed by atoms with Crippen LogP contribution < -0.4 is 5.32 Å². The lowest BCUT2D eigenvalue weighted by molar-refractivity contribution is -0.146. The summed E-state index contributed by atoms with van der Waals surface area (Å²) in [5.74, 6) is -2.15. The van der Waals surface area contributed by atoms with E-state index in [1.165, 1.54) is 0 Å². The zero-order chi connectivity index (χ0) is 23.0. The number of ketones is 1. The Kier molecular flexibility index (Phi) is 5.82. The summed E-state index contributed by atoms with van der Waals surface area (Å²) in [6.07, 6.45) is 0.815. The molecule has 1 aliphatic carbocycles. The van der Waals surface area contributed by atoms with Gasteiger partial charge in [0.2, 0.25) is 5.91 Å². The van der Waals surface area contributed by atoms with Crippen LogP contribution in [0.25, 0.3) is 11.1 Å². The summed E-state index contributed by atoms with van der Waals surface area (Å²) in [5.41, 5.74) is 2.75. The van der Waals surface area contributed by atoms with E-state index < -0.39 is 23.8 Å². The average molecular weight is 434 g/mol. The van der Waals surface area contributed by atoms with Gasteiger partial charge in [-0.05, 0) is 30.4 Å². The van der Waals surface area contributed by atoms with Crippen LogP contribution in [0.1, 0.15) is 53.0 Å². The molecule has 2 amide bonds. The number of carbonyl (C=O) groups excluding carboxylic acids is 3. The molecule has 7 nitrogen and oxygen atoms in total. The number of hydrogen-bond donors (Lipinski definition) is 2. The zero-order valence-electron chi connectivity index (χ0n) is 18.1. The maximum atomic E-state index is 13.3. The van der Waals surface area contributed by atoms with Gasteiger partial charge in [-0.15, -0.1) is 0 Å². The second-order valence-electron chi connectivity index (χ2n) is 8.74. The van der Waals surface area contributed by atoms with Crippen LogP contribution in [0.3, 0.4) is 0 Å². The fraction of sp³-hybridized carbons (Fsp3) is 0.360. The third-order valence-electron chi connectivity index (χ3n) is 6.37. The van der Waals surface area contributed by atoms with Gasteiger partial charge in [-0.2, -0.15) is 0 Å². The van der Waals surface area contributed by atoms with Crippen LogP contribution in [0.2, 0.25) is 0 Å². The summed E-state index contributed by atoms with van der Waals surface area (Å²) in [4.78, 5) is 52.1. The number of likely N-dealkylation sites (tertiary alicyclic amines) is 1.